The van der Waals surface area contributed by atoms with E-state index in [1.807, 2.05) is 6.07 Å². The van der Waals surface area contributed by atoms with Crippen LogP contribution in [0, 0.1) is 11.3 Å². The Morgan fingerprint density at radius 3 is 2.57 bits per heavy atom. The van der Waals surface area contributed by atoms with Gasteiger partial charge in [-0.25, -0.2) is 13.5 Å². The highest BCUT2D eigenvalue weighted by atomic mass is 35.5. The van der Waals surface area contributed by atoms with Gasteiger partial charge in [-0.05, 0) is 42.0 Å². The second-order valence-electron chi connectivity index (χ2n) is 6.00. The zero-order valence-corrected chi connectivity index (χ0v) is 16.2. The lowest BCUT2D eigenvalue weighted by Gasteiger charge is -2.13. The van der Waals surface area contributed by atoms with Crippen molar-refractivity contribution in [2.24, 2.45) is 0 Å². The van der Waals surface area contributed by atoms with Crippen molar-refractivity contribution < 1.29 is 13.2 Å². The fourth-order valence-corrected chi connectivity index (χ4v) is 3.44. The average Bonchev–Trinajstić information content (AvgIpc) is 2.65. The lowest BCUT2D eigenvalue weighted by atomic mass is 10.1. The summed E-state index contributed by atoms with van der Waals surface area (Å²) in [6.07, 6.45) is 1.46. The molecule has 0 atom stereocenters. The number of sulfone groups is 1. The van der Waals surface area contributed by atoms with Gasteiger partial charge in [-0.2, -0.15) is 10.4 Å². The zero-order valence-electron chi connectivity index (χ0n) is 14.6. The monoisotopic (exact) mass is 415 g/mol. The minimum atomic E-state index is -3.58. The Kier molecular flexibility index (Phi) is 5.49. The molecule has 28 heavy (non-hydrogen) atoms. The van der Waals surface area contributed by atoms with Crippen molar-refractivity contribution in [2.75, 3.05) is 6.26 Å². The van der Waals surface area contributed by atoms with E-state index >= 15 is 0 Å². The van der Waals surface area contributed by atoms with Gasteiger partial charge in [0.25, 0.3) is 5.56 Å². The summed E-state index contributed by atoms with van der Waals surface area (Å²) in [4.78, 5) is 11.1. The summed E-state index contributed by atoms with van der Waals surface area (Å²) in [7, 11) is -3.58. The van der Waals surface area contributed by atoms with Crippen LogP contribution in [0.15, 0.2) is 58.2 Å². The van der Waals surface area contributed by atoms with Crippen molar-refractivity contribution in [3.05, 3.63) is 80.7 Å². The van der Waals surface area contributed by atoms with Crippen LogP contribution >= 0.6 is 11.6 Å². The summed E-state index contributed by atoms with van der Waals surface area (Å²) in [5.41, 5.74) is 1.38. The molecule has 0 spiro atoms. The van der Waals surface area contributed by atoms with Gasteiger partial charge in [-0.1, -0.05) is 17.7 Å². The van der Waals surface area contributed by atoms with Gasteiger partial charge in [0.1, 0.15) is 16.4 Å². The zero-order chi connectivity index (χ0) is 20.3. The van der Waals surface area contributed by atoms with E-state index in [1.54, 1.807) is 24.3 Å². The molecule has 2 aromatic carbocycles. The van der Waals surface area contributed by atoms with Crippen molar-refractivity contribution in [3.8, 4) is 17.6 Å². The van der Waals surface area contributed by atoms with Crippen LogP contribution in [0.4, 0.5) is 0 Å². The Labute approximate surface area is 166 Å². The molecule has 9 heteroatoms. The molecule has 0 aliphatic carbocycles. The van der Waals surface area contributed by atoms with E-state index in [9.17, 15) is 13.2 Å². The first-order chi connectivity index (χ1) is 13.3. The SMILES string of the molecule is CS(=O)(=O)c1ccc(C#N)cc1Oc1cc(Cc2ccc(=O)[nH]n2)ccc1Cl. The summed E-state index contributed by atoms with van der Waals surface area (Å²) in [6.45, 7) is 0. The maximum absolute atomic E-state index is 12.0. The number of nitriles is 1. The van der Waals surface area contributed by atoms with Crippen LogP contribution in [0.5, 0.6) is 11.5 Å². The number of rotatable bonds is 5. The number of nitrogens with zero attached hydrogens (tertiary/aromatic N) is 2. The van der Waals surface area contributed by atoms with Gasteiger partial charge in [0.15, 0.2) is 9.84 Å². The number of ether oxygens (including phenoxy) is 1. The van der Waals surface area contributed by atoms with Gasteiger partial charge in [0.2, 0.25) is 0 Å². The predicted molar refractivity (Wildman–Crippen MR) is 103 cm³/mol. The number of nitrogens with one attached hydrogen (secondary N) is 1. The first-order valence-electron chi connectivity index (χ1n) is 8.01. The molecule has 0 bridgehead atoms. The van der Waals surface area contributed by atoms with Crippen molar-refractivity contribution in [1.82, 2.24) is 10.2 Å². The second kappa shape index (κ2) is 7.84. The molecule has 3 aromatic rings. The third-order valence-corrected chi connectivity index (χ3v) is 5.26. The summed E-state index contributed by atoms with van der Waals surface area (Å²) in [6, 6.07) is 14.0. The van der Waals surface area contributed by atoms with Gasteiger partial charge >= 0.3 is 0 Å². The highest BCUT2D eigenvalue weighted by Crippen LogP contribution is 2.34. The van der Waals surface area contributed by atoms with Crippen molar-refractivity contribution in [1.29, 1.82) is 5.26 Å². The smallest absolute Gasteiger partial charge is 0.264 e. The molecule has 1 aromatic heterocycles. The van der Waals surface area contributed by atoms with Gasteiger partial charge in [0, 0.05) is 18.7 Å². The van der Waals surface area contributed by atoms with Crippen LogP contribution in [0.2, 0.25) is 5.02 Å². The molecule has 142 valence electrons. The minimum Gasteiger partial charge on any atom is -0.454 e. The molecule has 0 aliphatic heterocycles. The van der Waals surface area contributed by atoms with Crippen LogP contribution in [0.25, 0.3) is 0 Å². The van der Waals surface area contributed by atoms with E-state index < -0.39 is 9.84 Å². The summed E-state index contributed by atoms with van der Waals surface area (Å²) >= 11 is 6.21. The van der Waals surface area contributed by atoms with Gasteiger partial charge in [-0.3, -0.25) is 4.79 Å². The highest BCUT2D eigenvalue weighted by molar-refractivity contribution is 7.90. The van der Waals surface area contributed by atoms with Crippen LogP contribution < -0.4 is 10.3 Å². The molecule has 1 N–H and O–H groups in total. The van der Waals surface area contributed by atoms with E-state index in [0.29, 0.717) is 12.1 Å². The number of hydrogen-bond donors (Lipinski definition) is 1. The third kappa shape index (κ3) is 4.57. The van der Waals surface area contributed by atoms with Gasteiger partial charge < -0.3 is 4.74 Å². The maximum atomic E-state index is 12.0. The Morgan fingerprint density at radius 2 is 1.93 bits per heavy atom. The van der Waals surface area contributed by atoms with E-state index in [4.69, 9.17) is 21.6 Å². The first-order valence-corrected chi connectivity index (χ1v) is 10.3. The lowest BCUT2D eigenvalue weighted by molar-refractivity contribution is 0.467. The third-order valence-electron chi connectivity index (χ3n) is 3.81. The van der Waals surface area contributed by atoms with Crippen LogP contribution in [-0.4, -0.2) is 24.9 Å². The topological polar surface area (TPSA) is 113 Å². The van der Waals surface area contributed by atoms with Crippen molar-refractivity contribution in [2.45, 2.75) is 11.3 Å². The Hall–Kier alpha value is -3.15. The van der Waals surface area contributed by atoms with Crippen LogP contribution in [0.1, 0.15) is 16.8 Å². The Balaban J connectivity index is 1.98. The summed E-state index contributed by atoms with van der Waals surface area (Å²) in [5.74, 6) is 0.256. The van der Waals surface area contributed by atoms with E-state index in [-0.39, 0.29) is 32.5 Å². The molecule has 3 rings (SSSR count). The van der Waals surface area contributed by atoms with E-state index in [0.717, 1.165) is 11.8 Å². The van der Waals surface area contributed by atoms with Gasteiger partial charge in [-0.15, -0.1) is 0 Å². The maximum Gasteiger partial charge on any atom is 0.264 e. The molecular formula is C19H14ClN3O4S. The summed E-state index contributed by atoms with van der Waals surface area (Å²) in [5, 5.41) is 15.7. The second-order valence-corrected chi connectivity index (χ2v) is 8.39. The molecule has 0 amide bonds. The fourth-order valence-electron chi connectivity index (χ4n) is 2.50. The van der Waals surface area contributed by atoms with E-state index in [2.05, 4.69) is 10.2 Å². The van der Waals surface area contributed by atoms with E-state index in [1.165, 1.54) is 24.3 Å². The number of aromatic nitrogens is 2. The molecule has 0 radical (unpaired) electrons. The average molecular weight is 416 g/mol. The van der Waals surface area contributed by atoms with Crippen molar-refractivity contribution >= 4 is 21.4 Å². The Bertz CT molecular complexity index is 1230. The van der Waals surface area contributed by atoms with Crippen LogP contribution in [0.3, 0.4) is 0 Å². The molecule has 1 heterocycles. The molecule has 0 unspecified atom stereocenters. The number of aromatic amines is 1. The first kappa shape index (κ1) is 19.6. The molecule has 0 saturated carbocycles. The van der Waals surface area contributed by atoms with Crippen molar-refractivity contribution in [3.63, 3.8) is 0 Å². The molecule has 7 nitrogen and oxygen atoms in total. The molecule has 0 aliphatic rings. The van der Waals surface area contributed by atoms with Gasteiger partial charge in [0.05, 0.1) is 22.3 Å². The number of H-pyrrole nitrogens is 1. The number of hydrogen-bond acceptors (Lipinski definition) is 6. The number of halogens is 1. The minimum absolute atomic E-state index is 0.0165. The highest BCUT2D eigenvalue weighted by Gasteiger charge is 2.17. The largest absolute Gasteiger partial charge is 0.454 e. The quantitative estimate of drug-likeness (QED) is 0.685. The summed E-state index contributed by atoms with van der Waals surface area (Å²) < 4.78 is 29.8. The van der Waals surface area contributed by atoms with Crippen LogP contribution in [-0.2, 0) is 16.3 Å². The fraction of sp³-hybridized carbons (Fsp3) is 0.105. The lowest BCUT2D eigenvalue weighted by Crippen LogP contribution is -2.07. The Morgan fingerprint density at radius 1 is 1.14 bits per heavy atom. The normalized spacial score (nSPS) is 11.0. The number of benzene rings is 2. The predicted octanol–water partition coefficient (Wildman–Crippen LogP) is 3.08. The standard InChI is InChI=1S/C19H14ClN3O4S/c1-28(25,26)18-6-3-13(11-21)10-17(18)27-16-9-12(2-5-15(16)20)8-14-4-7-19(24)23-22-14/h2-7,9-10H,8H2,1H3,(H,23,24). The molecular weight excluding hydrogens is 402 g/mol. The molecule has 0 saturated heterocycles. The molecule has 0 fully saturated rings.